The number of rotatable bonds is 25. The molecule has 0 aliphatic rings. The highest BCUT2D eigenvalue weighted by Crippen LogP contribution is 2.19. The Morgan fingerprint density at radius 2 is 1.33 bits per heavy atom. The number of ether oxygens (including phenoxy) is 4. The van der Waals surface area contributed by atoms with E-state index >= 15 is 0 Å². The molecule has 208 valence electrons. The molecule has 0 aromatic carbocycles. The Bertz CT molecular complexity index is 666. The number of carbonyl (C=O) groups is 5. The van der Waals surface area contributed by atoms with Crippen molar-refractivity contribution >= 4 is 29.0 Å². The summed E-state index contributed by atoms with van der Waals surface area (Å²) >= 11 is 0. The molecule has 0 radical (unpaired) electrons. The first-order valence-corrected chi connectivity index (χ1v) is 12.7. The Morgan fingerprint density at radius 3 is 1.94 bits per heavy atom. The average Bonchev–Trinajstić information content (AvgIpc) is 2.83. The third-order valence-corrected chi connectivity index (χ3v) is 5.62. The average molecular weight is 516 g/mol. The number of nitrogens with one attached hydrogen (secondary N) is 1. The van der Waals surface area contributed by atoms with Crippen LogP contribution in [0.3, 0.4) is 0 Å². The van der Waals surface area contributed by atoms with Crippen LogP contribution in [0.4, 0.5) is 0 Å². The van der Waals surface area contributed by atoms with Gasteiger partial charge < -0.3 is 29.1 Å². The van der Waals surface area contributed by atoms with E-state index in [9.17, 15) is 24.0 Å². The molecule has 2 atom stereocenters. The minimum atomic E-state index is -0.534. The van der Waals surface area contributed by atoms with E-state index in [1.165, 1.54) is 13.8 Å². The minimum absolute atomic E-state index is 0.0248. The fourth-order valence-electron chi connectivity index (χ4n) is 3.44. The van der Waals surface area contributed by atoms with E-state index in [1.54, 1.807) is 7.11 Å². The van der Waals surface area contributed by atoms with Crippen LogP contribution < -0.4 is 5.32 Å². The lowest BCUT2D eigenvalue weighted by molar-refractivity contribution is -0.129. The van der Waals surface area contributed by atoms with Crippen LogP contribution >= 0.6 is 0 Å². The van der Waals surface area contributed by atoms with Crippen molar-refractivity contribution in [2.75, 3.05) is 59.9 Å². The van der Waals surface area contributed by atoms with Gasteiger partial charge in [-0.15, -0.1) is 0 Å². The Hall–Kier alpha value is -2.01. The maximum Gasteiger partial charge on any atom is 0.223 e. The molecule has 10 heteroatoms. The number of Topliss-reactive ketones (excluding diaryl/α,β-unsaturated/α-hetero) is 4. The molecule has 0 saturated heterocycles. The van der Waals surface area contributed by atoms with Crippen LogP contribution in [0.5, 0.6) is 0 Å². The van der Waals surface area contributed by atoms with Crippen molar-refractivity contribution in [3.8, 4) is 0 Å². The molecule has 2 unspecified atom stereocenters. The van der Waals surface area contributed by atoms with Crippen molar-refractivity contribution < 1.29 is 42.9 Å². The summed E-state index contributed by atoms with van der Waals surface area (Å²) in [6.45, 7) is 7.52. The van der Waals surface area contributed by atoms with E-state index < -0.39 is 11.8 Å². The lowest BCUT2D eigenvalue weighted by Gasteiger charge is -2.17. The normalized spacial score (nSPS) is 12.7. The van der Waals surface area contributed by atoms with Crippen molar-refractivity contribution in [3.63, 3.8) is 0 Å². The second-order valence-corrected chi connectivity index (χ2v) is 8.75. The van der Waals surface area contributed by atoms with Gasteiger partial charge in [0.15, 0.2) is 5.78 Å². The molecule has 0 bridgehead atoms. The van der Waals surface area contributed by atoms with Gasteiger partial charge >= 0.3 is 0 Å². The number of carbonyl (C=O) groups excluding carboxylic acids is 5. The highest BCUT2D eigenvalue weighted by molar-refractivity contribution is 5.88. The van der Waals surface area contributed by atoms with Gasteiger partial charge in [0.2, 0.25) is 5.91 Å². The molecule has 0 aliphatic carbocycles. The van der Waals surface area contributed by atoms with E-state index in [-0.39, 0.29) is 74.2 Å². The van der Waals surface area contributed by atoms with Crippen LogP contribution in [-0.4, -0.2) is 88.9 Å². The lowest BCUT2D eigenvalue weighted by atomic mass is 9.89. The molecular formula is C26H45NO9. The molecule has 0 spiro atoms. The first-order valence-electron chi connectivity index (χ1n) is 12.7. The summed E-state index contributed by atoms with van der Waals surface area (Å²) in [4.78, 5) is 60.6. The van der Waals surface area contributed by atoms with Crippen LogP contribution in [-0.2, 0) is 42.9 Å². The maximum atomic E-state index is 12.7. The van der Waals surface area contributed by atoms with Crippen molar-refractivity contribution in [2.24, 2.45) is 11.8 Å². The third kappa shape index (κ3) is 19.2. The lowest BCUT2D eigenvalue weighted by Crippen LogP contribution is -2.34. The molecule has 0 fully saturated rings. The maximum absolute atomic E-state index is 12.7. The van der Waals surface area contributed by atoms with Crippen LogP contribution in [0.15, 0.2) is 0 Å². The zero-order valence-electron chi connectivity index (χ0n) is 22.4. The Labute approximate surface area is 215 Å². The highest BCUT2D eigenvalue weighted by atomic mass is 16.5. The summed E-state index contributed by atoms with van der Waals surface area (Å²) in [6.07, 6.45) is 1.48. The molecule has 0 aromatic heterocycles. The third-order valence-electron chi connectivity index (χ3n) is 5.62. The van der Waals surface area contributed by atoms with Gasteiger partial charge in [-0.1, -0.05) is 0 Å². The molecular weight excluding hydrogens is 470 g/mol. The smallest absolute Gasteiger partial charge is 0.223 e. The summed E-state index contributed by atoms with van der Waals surface area (Å²) in [7, 11) is 1.57. The summed E-state index contributed by atoms with van der Waals surface area (Å²) in [6, 6.07) is 0. The van der Waals surface area contributed by atoms with E-state index in [1.807, 2.05) is 6.92 Å². The van der Waals surface area contributed by atoms with Gasteiger partial charge in [0.05, 0.1) is 33.0 Å². The number of hydrogen-bond acceptors (Lipinski definition) is 9. The molecule has 36 heavy (non-hydrogen) atoms. The topological polar surface area (TPSA) is 134 Å². The van der Waals surface area contributed by atoms with Gasteiger partial charge in [0.25, 0.3) is 0 Å². The first kappa shape index (κ1) is 34.0. The monoisotopic (exact) mass is 515 g/mol. The molecule has 0 saturated carbocycles. The first-order chi connectivity index (χ1) is 17.2. The van der Waals surface area contributed by atoms with Crippen LogP contribution in [0.2, 0.25) is 0 Å². The Morgan fingerprint density at radius 1 is 0.722 bits per heavy atom. The van der Waals surface area contributed by atoms with E-state index in [4.69, 9.17) is 18.9 Å². The fourth-order valence-corrected chi connectivity index (χ4v) is 3.44. The summed E-state index contributed by atoms with van der Waals surface area (Å²) in [5, 5.41) is 2.80. The highest BCUT2D eigenvalue weighted by Gasteiger charge is 2.23. The second kappa shape index (κ2) is 22.2. The predicted octanol–water partition coefficient (Wildman–Crippen LogP) is 2.10. The summed E-state index contributed by atoms with van der Waals surface area (Å²) < 4.78 is 20.7. The summed E-state index contributed by atoms with van der Waals surface area (Å²) in [5.41, 5.74) is 0. The number of hydrogen-bond donors (Lipinski definition) is 1. The number of amides is 1. The fraction of sp³-hybridized carbons (Fsp3) is 0.808. The molecule has 0 aromatic rings. The van der Waals surface area contributed by atoms with Crippen molar-refractivity contribution in [1.29, 1.82) is 0 Å². The van der Waals surface area contributed by atoms with Gasteiger partial charge in [0, 0.05) is 57.8 Å². The largest absolute Gasteiger partial charge is 0.382 e. The van der Waals surface area contributed by atoms with Gasteiger partial charge in [-0.2, -0.15) is 0 Å². The minimum Gasteiger partial charge on any atom is -0.382 e. The molecule has 0 heterocycles. The zero-order valence-corrected chi connectivity index (χ0v) is 22.4. The van der Waals surface area contributed by atoms with Crippen molar-refractivity contribution in [1.82, 2.24) is 5.32 Å². The van der Waals surface area contributed by atoms with Gasteiger partial charge in [-0.3, -0.25) is 19.2 Å². The number of ketones is 4. The molecule has 1 N–H and O–H groups in total. The SMILES string of the molecule is CCOCCOCC(=O)CCC(CCC(=O)CC(CCC(C)=O)C(C)=O)C(=O)NCCOCCOC. The second-order valence-electron chi connectivity index (χ2n) is 8.75. The van der Waals surface area contributed by atoms with E-state index in [0.717, 1.165) is 0 Å². The molecule has 0 rings (SSSR count). The molecule has 10 nitrogen and oxygen atoms in total. The van der Waals surface area contributed by atoms with Crippen LogP contribution in [0, 0.1) is 11.8 Å². The summed E-state index contributed by atoms with van der Waals surface area (Å²) in [5.74, 6) is -1.68. The predicted molar refractivity (Wildman–Crippen MR) is 134 cm³/mol. The Kier molecular flexibility index (Phi) is 21.0. The van der Waals surface area contributed by atoms with E-state index in [2.05, 4.69) is 5.32 Å². The number of methoxy groups -OCH3 is 1. The quantitative estimate of drug-likeness (QED) is 0.181. The standard InChI is InChI=1S/C26H45NO9/c1-5-34-16-17-36-19-25(31)11-9-22(26(32)27-12-13-35-15-14-33-4)8-10-24(30)18-23(21(3)29)7-6-20(2)28/h22-23H,5-19H2,1-4H3,(H,27,32). The Balaban J connectivity index is 4.76. The van der Waals surface area contributed by atoms with Gasteiger partial charge in [-0.25, -0.2) is 0 Å². The molecule has 1 amide bonds. The van der Waals surface area contributed by atoms with Crippen LogP contribution in [0.1, 0.15) is 65.7 Å². The van der Waals surface area contributed by atoms with Crippen molar-refractivity contribution in [2.45, 2.75) is 65.7 Å². The zero-order chi connectivity index (χ0) is 27.2. The van der Waals surface area contributed by atoms with Gasteiger partial charge in [0.1, 0.15) is 24.0 Å². The van der Waals surface area contributed by atoms with Crippen molar-refractivity contribution in [3.05, 3.63) is 0 Å². The van der Waals surface area contributed by atoms with E-state index in [0.29, 0.717) is 52.6 Å². The van der Waals surface area contributed by atoms with Gasteiger partial charge in [-0.05, 0) is 40.0 Å². The van der Waals surface area contributed by atoms with Crippen LogP contribution in [0.25, 0.3) is 0 Å². The molecule has 0 aliphatic heterocycles.